The predicted molar refractivity (Wildman–Crippen MR) is 185 cm³/mol. The van der Waals surface area contributed by atoms with Crippen LogP contribution in [0, 0.1) is 77.9 Å². The molecule has 0 amide bonds. The van der Waals surface area contributed by atoms with Crippen molar-refractivity contribution in [2.24, 2.45) is 53.3 Å². The fourth-order valence-electron chi connectivity index (χ4n) is 6.33. The molecule has 0 saturated heterocycles. The van der Waals surface area contributed by atoms with Gasteiger partial charge >= 0.3 is 0 Å². The molecule has 2 fully saturated rings. The molecule has 0 radical (unpaired) electrons. The van der Waals surface area contributed by atoms with Gasteiger partial charge in [0, 0.05) is 12.8 Å². The van der Waals surface area contributed by atoms with Crippen molar-refractivity contribution in [2.45, 2.75) is 139 Å². The van der Waals surface area contributed by atoms with Crippen molar-refractivity contribution in [1.82, 2.24) is 0 Å². The van der Waals surface area contributed by atoms with Gasteiger partial charge in [-0.25, -0.2) is 0 Å². The average Bonchev–Trinajstić information content (AvgIpc) is 2.89. The summed E-state index contributed by atoms with van der Waals surface area (Å²) in [5, 5.41) is 1.10. The van der Waals surface area contributed by atoms with Crippen LogP contribution >= 0.6 is 9.24 Å². The molecule has 0 bridgehead atoms. The first-order valence-electron chi connectivity index (χ1n) is 16.4. The fraction of sp³-hybridized carbons (Fsp3) is 0.789. The molecule has 0 nitrogen and oxygen atoms in total. The SMILES string of the molecule is C#CCC(C)C(CC#C)CC(=C)P.C=CCCC1CC(C)CCC1C(C)C.CC.CC1CCC(C(C)C)CC1. The molecule has 2 aliphatic rings. The quantitative estimate of drug-likeness (QED) is 0.143. The Morgan fingerprint density at radius 1 is 0.872 bits per heavy atom. The van der Waals surface area contributed by atoms with Crippen molar-refractivity contribution in [3.05, 3.63) is 24.5 Å². The molecule has 0 N–H and O–H groups in total. The highest BCUT2D eigenvalue weighted by Crippen LogP contribution is 2.40. The summed E-state index contributed by atoms with van der Waals surface area (Å²) in [6, 6.07) is 0. The summed E-state index contributed by atoms with van der Waals surface area (Å²) in [4.78, 5) is 0. The largest absolute Gasteiger partial charge is 0.120 e. The monoisotopic (exact) mass is 557 g/mol. The third-order valence-corrected chi connectivity index (χ3v) is 9.29. The van der Waals surface area contributed by atoms with Crippen LogP contribution in [-0.4, -0.2) is 0 Å². The van der Waals surface area contributed by atoms with Crippen molar-refractivity contribution >= 4 is 9.24 Å². The molecule has 226 valence electrons. The molecular weight excluding hydrogens is 487 g/mol. The Morgan fingerprint density at radius 2 is 1.41 bits per heavy atom. The van der Waals surface area contributed by atoms with Crippen LogP contribution in [0.4, 0.5) is 0 Å². The minimum absolute atomic E-state index is 0.478. The Labute approximate surface area is 250 Å². The van der Waals surface area contributed by atoms with Gasteiger partial charge in [0.25, 0.3) is 0 Å². The molecule has 0 spiro atoms. The molecule has 0 aromatic heterocycles. The number of hydrogen-bond donors (Lipinski definition) is 0. The summed E-state index contributed by atoms with van der Waals surface area (Å²) >= 11 is 0. The Hall–Kier alpha value is -0.970. The smallest absolute Gasteiger partial charge is 0.0120 e. The van der Waals surface area contributed by atoms with E-state index in [2.05, 4.69) is 88.8 Å². The lowest BCUT2D eigenvalue weighted by Gasteiger charge is -2.37. The summed E-state index contributed by atoms with van der Waals surface area (Å²) < 4.78 is 0. The molecule has 6 atom stereocenters. The average molecular weight is 557 g/mol. The maximum atomic E-state index is 5.30. The predicted octanol–water partition coefficient (Wildman–Crippen LogP) is 12.2. The van der Waals surface area contributed by atoms with Crippen molar-refractivity contribution < 1.29 is 0 Å². The van der Waals surface area contributed by atoms with Crippen molar-refractivity contribution in [2.75, 3.05) is 0 Å². The van der Waals surface area contributed by atoms with E-state index in [4.69, 9.17) is 12.8 Å². The first-order valence-corrected chi connectivity index (χ1v) is 16.9. The number of hydrogen-bond acceptors (Lipinski definition) is 0. The highest BCUT2D eigenvalue weighted by Gasteiger charge is 2.29. The van der Waals surface area contributed by atoms with Crippen LogP contribution in [0.25, 0.3) is 0 Å². The third kappa shape index (κ3) is 19.7. The lowest BCUT2D eigenvalue weighted by molar-refractivity contribution is 0.137. The van der Waals surface area contributed by atoms with Crippen LogP contribution in [0.15, 0.2) is 24.5 Å². The van der Waals surface area contributed by atoms with Gasteiger partial charge in [-0.2, -0.15) is 0 Å². The van der Waals surface area contributed by atoms with Gasteiger partial charge in [0.05, 0.1) is 0 Å². The topological polar surface area (TPSA) is 0 Å². The molecule has 6 unspecified atom stereocenters. The van der Waals surface area contributed by atoms with Gasteiger partial charge in [0.15, 0.2) is 0 Å². The molecule has 0 aliphatic heterocycles. The van der Waals surface area contributed by atoms with E-state index in [9.17, 15) is 0 Å². The summed E-state index contributed by atoms with van der Waals surface area (Å²) in [7, 11) is 2.62. The van der Waals surface area contributed by atoms with Crippen LogP contribution in [-0.2, 0) is 0 Å². The van der Waals surface area contributed by atoms with Crippen LogP contribution in [0.3, 0.4) is 0 Å². The molecule has 2 aliphatic carbocycles. The second kappa shape index (κ2) is 24.8. The van der Waals surface area contributed by atoms with E-state index in [0.29, 0.717) is 11.8 Å². The highest BCUT2D eigenvalue weighted by atomic mass is 31.0. The molecule has 2 rings (SSSR count). The number of terminal acetylenes is 2. The standard InChI is InChI=1S/C14H26.C12H17P.C10H20.C2H6/c1-5-6-7-13-10-12(4)8-9-14(13)11(2)3;1-5-7-10(3)12(8-6-2)9-11(4)13;1-8(2)10-6-4-9(3)5-7-10;1-2/h5,11-14H,1,6-10H2,2-4H3;1-2,10,12H,4,7-9,13H2,3H3;8-10H,4-7H2,1-3H3;1-2H3. The van der Waals surface area contributed by atoms with Crippen LogP contribution in [0.2, 0.25) is 0 Å². The highest BCUT2D eigenvalue weighted by molar-refractivity contribution is 7.22. The summed E-state index contributed by atoms with van der Waals surface area (Å²) in [5.74, 6) is 13.1. The van der Waals surface area contributed by atoms with Crippen molar-refractivity contribution in [3.63, 3.8) is 0 Å². The minimum atomic E-state index is 0.478. The zero-order chi connectivity index (χ0) is 30.4. The van der Waals surface area contributed by atoms with Crippen LogP contribution in [0.1, 0.15) is 139 Å². The van der Waals surface area contributed by atoms with E-state index in [1.54, 1.807) is 0 Å². The third-order valence-electron chi connectivity index (χ3n) is 9.05. The van der Waals surface area contributed by atoms with Gasteiger partial charge in [-0.05, 0) is 98.2 Å². The second-order valence-corrected chi connectivity index (χ2v) is 13.9. The zero-order valence-corrected chi connectivity index (χ0v) is 29.1. The van der Waals surface area contributed by atoms with E-state index < -0.39 is 0 Å². The maximum absolute atomic E-state index is 5.30. The maximum Gasteiger partial charge on any atom is 0.0120 e. The number of rotatable bonds is 10. The van der Waals surface area contributed by atoms with Crippen LogP contribution in [0.5, 0.6) is 0 Å². The van der Waals surface area contributed by atoms with Gasteiger partial charge < -0.3 is 0 Å². The molecule has 1 heteroatoms. The van der Waals surface area contributed by atoms with Crippen molar-refractivity contribution in [1.29, 1.82) is 0 Å². The van der Waals surface area contributed by atoms with Gasteiger partial charge in [0.1, 0.15) is 0 Å². The van der Waals surface area contributed by atoms with Gasteiger partial charge in [-0.1, -0.05) is 99.5 Å². The van der Waals surface area contributed by atoms with E-state index in [0.717, 1.165) is 66.0 Å². The Balaban J connectivity index is 0. The number of allylic oxidation sites excluding steroid dienone is 2. The summed E-state index contributed by atoms with van der Waals surface area (Å²) in [6.45, 7) is 28.1. The first kappa shape index (κ1) is 40.2. The minimum Gasteiger partial charge on any atom is -0.120 e. The van der Waals surface area contributed by atoms with Crippen molar-refractivity contribution in [3.8, 4) is 24.7 Å². The fourth-order valence-corrected chi connectivity index (χ4v) is 6.63. The Bertz CT molecular complexity index is 679. The lowest BCUT2D eigenvalue weighted by Crippen LogP contribution is -2.27. The lowest BCUT2D eigenvalue weighted by atomic mass is 9.68. The molecule has 0 aromatic carbocycles. The molecule has 39 heavy (non-hydrogen) atoms. The first-order chi connectivity index (χ1) is 18.5. The molecule has 0 aromatic rings. The Kier molecular flexibility index (Phi) is 25.5. The normalized spacial score (nSPS) is 25.6. The molecular formula is C38H69P. The van der Waals surface area contributed by atoms with Gasteiger partial charge in [0.2, 0.25) is 0 Å². The van der Waals surface area contributed by atoms with E-state index in [1.165, 1.54) is 57.8 Å². The van der Waals surface area contributed by atoms with Gasteiger partial charge in [-0.15, -0.1) is 40.5 Å². The summed E-state index contributed by atoms with van der Waals surface area (Å²) in [5.41, 5.74) is 0. The van der Waals surface area contributed by atoms with E-state index in [1.807, 2.05) is 13.8 Å². The second-order valence-electron chi connectivity index (χ2n) is 13.1. The van der Waals surface area contributed by atoms with E-state index >= 15 is 0 Å². The van der Waals surface area contributed by atoms with Gasteiger partial charge in [-0.3, -0.25) is 0 Å². The molecule has 0 heterocycles. The Morgan fingerprint density at radius 3 is 1.85 bits per heavy atom. The summed E-state index contributed by atoms with van der Waals surface area (Å²) in [6.07, 6.45) is 28.1. The van der Waals surface area contributed by atoms with Crippen LogP contribution < -0.4 is 0 Å². The zero-order valence-electron chi connectivity index (χ0n) is 27.9. The van der Waals surface area contributed by atoms with E-state index in [-0.39, 0.29) is 0 Å². The molecule has 2 saturated carbocycles.